The molecule has 0 aliphatic carbocycles. The Labute approximate surface area is 173 Å². The molecule has 4 nitrogen and oxygen atoms in total. The van der Waals surface area contributed by atoms with Crippen molar-refractivity contribution < 1.29 is 0 Å². The summed E-state index contributed by atoms with van der Waals surface area (Å²) in [6.07, 6.45) is 1.82. The van der Waals surface area contributed by atoms with Crippen LogP contribution in [0.15, 0.2) is 59.4 Å². The molecule has 0 fully saturated rings. The Bertz CT molecular complexity index is 1260. The van der Waals surface area contributed by atoms with E-state index in [9.17, 15) is 15.3 Å². The zero-order chi connectivity index (χ0) is 21.0. The van der Waals surface area contributed by atoms with Crippen molar-refractivity contribution in [1.82, 2.24) is 4.57 Å². The van der Waals surface area contributed by atoms with Crippen LogP contribution in [0.5, 0.6) is 0 Å². The third-order valence-corrected chi connectivity index (χ3v) is 5.73. The lowest BCUT2D eigenvalue weighted by Crippen LogP contribution is -2.32. The summed E-state index contributed by atoms with van der Waals surface area (Å²) >= 11 is 1.18. The molecule has 0 N–H and O–H groups in total. The van der Waals surface area contributed by atoms with Gasteiger partial charge >= 0.3 is 0 Å². The van der Waals surface area contributed by atoms with Gasteiger partial charge in [0.25, 0.3) is 5.56 Å². The molecular formula is C24H21N3OS. The lowest BCUT2D eigenvalue weighted by atomic mass is 9.87. The van der Waals surface area contributed by atoms with Crippen molar-refractivity contribution in [3.05, 3.63) is 90.8 Å². The van der Waals surface area contributed by atoms with Crippen LogP contribution in [0.4, 0.5) is 0 Å². The zero-order valence-corrected chi connectivity index (χ0v) is 17.5. The van der Waals surface area contributed by atoms with Crippen LogP contribution in [-0.2, 0) is 12.0 Å². The third-order valence-electron chi connectivity index (χ3n) is 4.60. The topological polar surface area (TPSA) is 69.6 Å². The maximum absolute atomic E-state index is 13.1. The van der Waals surface area contributed by atoms with Gasteiger partial charge in [0, 0.05) is 0 Å². The Hall–Kier alpha value is -3.41. The van der Waals surface area contributed by atoms with Crippen molar-refractivity contribution in [2.24, 2.45) is 0 Å². The van der Waals surface area contributed by atoms with E-state index in [1.54, 1.807) is 0 Å². The van der Waals surface area contributed by atoms with Crippen LogP contribution >= 0.6 is 11.3 Å². The highest BCUT2D eigenvalue weighted by molar-refractivity contribution is 7.07. The molecule has 0 amide bonds. The van der Waals surface area contributed by atoms with Crippen LogP contribution in [0.3, 0.4) is 0 Å². The molecule has 0 saturated carbocycles. The fourth-order valence-corrected chi connectivity index (χ4v) is 4.02. The van der Waals surface area contributed by atoms with E-state index in [4.69, 9.17) is 0 Å². The molecule has 1 heterocycles. The lowest BCUT2D eigenvalue weighted by molar-refractivity contribution is 0.590. The first kappa shape index (κ1) is 20.3. The number of aromatic nitrogens is 1. The van der Waals surface area contributed by atoms with Crippen molar-refractivity contribution in [2.75, 3.05) is 0 Å². The van der Waals surface area contributed by atoms with Crippen molar-refractivity contribution in [3.8, 4) is 12.1 Å². The monoisotopic (exact) mass is 399 g/mol. The van der Waals surface area contributed by atoms with Gasteiger partial charge in [-0.3, -0.25) is 9.36 Å². The highest BCUT2D eigenvalue weighted by atomic mass is 32.1. The molecule has 0 spiro atoms. The van der Waals surface area contributed by atoms with E-state index in [0.717, 1.165) is 11.1 Å². The summed E-state index contributed by atoms with van der Waals surface area (Å²) < 4.78 is 2.40. The minimum atomic E-state index is -0.197. The standard InChI is InChI=1S/C24H21N3OS/c1-24(2,3)20-11-9-17(10-12-20)13-21-22(28)27(16-18-7-5-4-6-8-18)23(29-21)19(14-25)15-26/h4-13H,16H2,1-3H3. The van der Waals surface area contributed by atoms with Gasteiger partial charge in [0.05, 0.1) is 11.1 Å². The molecule has 3 aromatic rings. The fourth-order valence-electron chi connectivity index (χ4n) is 2.97. The van der Waals surface area contributed by atoms with E-state index in [1.807, 2.05) is 60.7 Å². The first-order chi connectivity index (χ1) is 13.8. The molecule has 0 bridgehead atoms. The maximum Gasteiger partial charge on any atom is 0.269 e. The summed E-state index contributed by atoms with van der Waals surface area (Å²) in [6, 6.07) is 21.5. The number of hydrogen-bond donors (Lipinski definition) is 0. The third kappa shape index (κ3) is 4.54. The number of hydrogen-bond acceptors (Lipinski definition) is 4. The van der Waals surface area contributed by atoms with E-state index in [2.05, 4.69) is 32.9 Å². The summed E-state index contributed by atoms with van der Waals surface area (Å²) in [7, 11) is 0. The molecule has 0 aliphatic heterocycles. The van der Waals surface area contributed by atoms with Crippen LogP contribution in [0.1, 0.15) is 37.5 Å². The van der Waals surface area contributed by atoms with E-state index in [0.29, 0.717) is 15.7 Å². The van der Waals surface area contributed by atoms with Crippen molar-refractivity contribution >= 4 is 23.0 Å². The largest absolute Gasteiger partial charge is 0.293 e. The second kappa shape index (κ2) is 8.31. The van der Waals surface area contributed by atoms with Crippen LogP contribution < -0.4 is 14.8 Å². The van der Waals surface area contributed by atoms with Crippen LogP contribution in [0.2, 0.25) is 0 Å². The zero-order valence-electron chi connectivity index (χ0n) is 16.6. The van der Waals surface area contributed by atoms with Gasteiger partial charge in [-0.1, -0.05) is 75.4 Å². The number of thiazole rings is 1. The number of rotatable bonds is 3. The van der Waals surface area contributed by atoms with Gasteiger partial charge in [0.2, 0.25) is 0 Å². The second-order valence-corrected chi connectivity index (χ2v) is 8.79. The number of nitriles is 2. The predicted molar refractivity (Wildman–Crippen MR) is 117 cm³/mol. The summed E-state index contributed by atoms with van der Waals surface area (Å²) in [5, 5.41) is 18.7. The average Bonchev–Trinajstić information content (AvgIpc) is 2.99. The fraction of sp³-hybridized carbons (Fsp3) is 0.208. The Morgan fingerprint density at radius 2 is 1.66 bits per heavy atom. The van der Waals surface area contributed by atoms with E-state index >= 15 is 0 Å². The normalized spacial score (nSPS) is 11.7. The van der Waals surface area contributed by atoms with E-state index in [1.165, 1.54) is 21.5 Å². The van der Waals surface area contributed by atoms with E-state index in [-0.39, 0.29) is 16.5 Å². The summed E-state index contributed by atoms with van der Waals surface area (Å²) in [4.78, 5) is 13.1. The van der Waals surface area contributed by atoms with Crippen LogP contribution in [0.25, 0.3) is 11.6 Å². The molecule has 3 rings (SSSR count). The lowest BCUT2D eigenvalue weighted by Gasteiger charge is -2.18. The predicted octanol–water partition coefficient (Wildman–Crippen LogP) is 3.28. The van der Waals surface area contributed by atoms with Crippen LogP contribution in [0, 0.1) is 22.7 Å². The summed E-state index contributed by atoms with van der Waals surface area (Å²) in [6.45, 7) is 6.77. The molecular weight excluding hydrogens is 378 g/mol. The summed E-state index contributed by atoms with van der Waals surface area (Å²) in [5.41, 5.74) is 2.87. The van der Waals surface area contributed by atoms with Gasteiger partial charge < -0.3 is 0 Å². The molecule has 0 atom stereocenters. The van der Waals surface area contributed by atoms with Crippen molar-refractivity contribution in [2.45, 2.75) is 32.7 Å². The molecule has 1 aromatic heterocycles. The minimum Gasteiger partial charge on any atom is -0.293 e. The van der Waals surface area contributed by atoms with Crippen molar-refractivity contribution in [3.63, 3.8) is 0 Å². The molecule has 0 aliphatic rings. The van der Waals surface area contributed by atoms with Gasteiger partial charge in [-0.2, -0.15) is 10.5 Å². The van der Waals surface area contributed by atoms with Gasteiger partial charge in [0.1, 0.15) is 16.8 Å². The first-order valence-electron chi connectivity index (χ1n) is 9.24. The molecule has 0 unspecified atom stereocenters. The van der Waals surface area contributed by atoms with Gasteiger partial charge in [-0.25, -0.2) is 0 Å². The summed E-state index contributed by atoms with van der Waals surface area (Å²) in [5.74, 6) is 0. The molecule has 5 heteroatoms. The molecule has 144 valence electrons. The van der Waals surface area contributed by atoms with Gasteiger partial charge in [-0.15, -0.1) is 11.3 Å². The average molecular weight is 400 g/mol. The number of benzene rings is 2. The van der Waals surface area contributed by atoms with E-state index < -0.39 is 0 Å². The molecule has 0 saturated heterocycles. The Morgan fingerprint density at radius 1 is 1.03 bits per heavy atom. The highest BCUT2D eigenvalue weighted by Gasteiger charge is 2.13. The maximum atomic E-state index is 13.1. The quantitative estimate of drug-likeness (QED) is 0.679. The van der Waals surface area contributed by atoms with Crippen molar-refractivity contribution in [1.29, 1.82) is 10.5 Å². The minimum absolute atomic E-state index is 0.0502. The second-order valence-electron chi connectivity index (χ2n) is 7.76. The molecule has 0 radical (unpaired) electrons. The Balaban J connectivity index is 2.17. The van der Waals surface area contributed by atoms with Gasteiger partial charge in [-0.05, 0) is 28.2 Å². The van der Waals surface area contributed by atoms with Crippen LogP contribution in [-0.4, -0.2) is 4.57 Å². The first-order valence-corrected chi connectivity index (χ1v) is 10.1. The highest BCUT2D eigenvalue weighted by Crippen LogP contribution is 2.22. The molecule has 2 aromatic carbocycles. The Morgan fingerprint density at radius 3 is 2.21 bits per heavy atom. The van der Waals surface area contributed by atoms with Gasteiger partial charge in [0.15, 0.2) is 5.57 Å². The smallest absolute Gasteiger partial charge is 0.269 e. The Kier molecular flexibility index (Phi) is 5.82. The molecule has 29 heavy (non-hydrogen) atoms. The number of nitrogens with zero attached hydrogens (tertiary/aromatic N) is 3. The SMILES string of the molecule is CC(C)(C)c1ccc(C=c2sc(=C(C#N)C#N)n(Cc3ccccc3)c2=O)cc1.